The van der Waals surface area contributed by atoms with E-state index in [0.29, 0.717) is 5.92 Å². The van der Waals surface area contributed by atoms with E-state index in [-0.39, 0.29) is 0 Å². The van der Waals surface area contributed by atoms with Crippen LogP contribution in [-0.2, 0) is 6.42 Å². The number of hydrogen-bond donors (Lipinski definition) is 2. The highest BCUT2D eigenvalue weighted by molar-refractivity contribution is 7.10. The molecular weight excluding hydrogens is 342 g/mol. The molecular formula is C20H25N5S. The number of rotatable bonds is 7. The van der Waals surface area contributed by atoms with Gasteiger partial charge in [0.25, 0.3) is 0 Å². The number of aromatic nitrogens is 2. The van der Waals surface area contributed by atoms with E-state index in [4.69, 9.17) is 0 Å². The van der Waals surface area contributed by atoms with Gasteiger partial charge in [-0.3, -0.25) is 4.99 Å². The van der Waals surface area contributed by atoms with E-state index in [1.165, 1.54) is 10.4 Å². The van der Waals surface area contributed by atoms with Gasteiger partial charge in [0.05, 0.1) is 5.69 Å². The maximum Gasteiger partial charge on any atom is 0.191 e. The van der Waals surface area contributed by atoms with Gasteiger partial charge in [0.1, 0.15) is 0 Å². The fourth-order valence-electron chi connectivity index (χ4n) is 2.70. The van der Waals surface area contributed by atoms with Crippen molar-refractivity contribution in [3.05, 3.63) is 70.7 Å². The zero-order valence-electron chi connectivity index (χ0n) is 15.2. The van der Waals surface area contributed by atoms with Gasteiger partial charge >= 0.3 is 0 Å². The van der Waals surface area contributed by atoms with Crippen LogP contribution in [-0.4, -0.2) is 35.9 Å². The van der Waals surface area contributed by atoms with E-state index >= 15 is 0 Å². The predicted molar refractivity (Wildman–Crippen MR) is 109 cm³/mol. The van der Waals surface area contributed by atoms with Crippen molar-refractivity contribution in [1.29, 1.82) is 0 Å². The molecule has 3 rings (SSSR count). The summed E-state index contributed by atoms with van der Waals surface area (Å²) in [4.78, 5) is 5.70. The second-order valence-corrected chi connectivity index (χ2v) is 7.14. The molecule has 3 aromatic rings. The lowest BCUT2D eigenvalue weighted by atomic mass is 10.1. The molecule has 0 amide bonds. The fraction of sp³-hybridized carbons (Fsp3) is 0.300. The summed E-state index contributed by atoms with van der Waals surface area (Å²) in [7, 11) is 1.81. The SMILES string of the molecule is CN=C(NCCc1ccc(-n2cccn2)cc1)NCC(C)c1cccs1. The molecule has 0 radical (unpaired) electrons. The van der Waals surface area contributed by atoms with E-state index in [2.05, 4.69) is 69.4 Å². The summed E-state index contributed by atoms with van der Waals surface area (Å²) in [6.07, 6.45) is 4.68. The Morgan fingerprint density at radius 1 is 1.19 bits per heavy atom. The standard InChI is InChI=1S/C20H25N5S/c1-16(19-5-3-14-26-19)15-23-20(21-2)22-12-10-17-6-8-18(9-7-17)25-13-4-11-24-25/h3-9,11,13-14,16H,10,12,15H2,1-2H3,(H2,21,22,23). The largest absolute Gasteiger partial charge is 0.356 e. The van der Waals surface area contributed by atoms with Crippen LogP contribution < -0.4 is 10.6 Å². The first-order chi connectivity index (χ1) is 12.8. The number of nitrogens with zero attached hydrogens (tertiary/aromatic N) is 3. The van der Waals surface area contributed by atoms with E-state index in [9.17, 15) is 0 Å². The summed E-state index contributed by atoms with van der Waals surface area (Å²) in [5.74, 6) is 1.32. The van der Waals surface area contributed by atoms with E-state index in [1.54, 1.807) is 17.5 Å². The Morgan fingerprint density at radius 2 is 2.04 bits per heavy atom. The Bertz CT molecular complexity index is 791. The molecule has 0 bridgehead atoms. The average molecular weight is 368 g/mol. The first-order valence-electron chi connectivity index (χ1n) is 8.83. The lowest BCUT2D eigenvalue weighted by Gasteiger charge is -2.15. The van der Waals surface area contributed by atoms with Gasteiger partial charge in [0, 0.05) is 43.3 Å². The van der Waals surface area contributed by atoms with Gasteiger partial charge in [-0.2, -0.15) is 5.10 Å². The van der Waals surface area contributed by atoms with Crippen LogP contribution in [0.5, 0.6) is 0 Å². The Balaban J connectivity index is 1.43. The Kier molecular flexibility index (Phi) is 6.44. The molecule has 5 nitrogen and oxygen atoms in total. The highest BCUT2D eigenvalue weighted by atomic mass is 32.1. The van der Waals surface area contributed by atoms with Gasteiger partial charge in [-0.25, -0.2) is 4.68 Å². The molecule has 0 aliphatic heterocycles. The van der Waals surface area contributed by atoms with Crippen LogP contribution in [0.4, 0.5) is 0 Å². The van der Waals surface area contributed by atoms with Crippen LogP contribution in [0.2, 0.25) is 0 Å². The molecule has 0 spiro atoms. The molecule has 0 saturated heterocycles. The number of hydrogen-bond acceptors (Lipinski definition) is 3. The highest BCUT2D eigenvalue weighted by Gasteiger charge is 2.07. The van der Waals surface area contributed by atoms with Gasteiger partial charge in [0.2, 0.25) is 0 Å². The molecule has 2 heterocycles. The maximum absolute atomic E-state index is 4.31. The van der Waals surface area contributed by atoms with Crippen LogP contribution >= 0.6 is 11.3 Å². The number of nitrogens with one attached hydrogen (secondary N) is 2. The van der Waals surface area contributed by atoms with Crippen molar-refractivity contribution in [2.45, 2.75) is 19.3 Å². The van der Waals surface area contributed by atoms with Crippen LogP contribution in [0.1, 0.15) is 23.3 Å². The van der Waals surface area contributed by atoms with Crippen molar-refractivity contribution in [1.82, 2.24) is 20.4 Å². The van der Waals surface area contributed by atoms with E-state index < -0.39 is 0 Å². The molecule has 1 aromatic carbocycles. The van der Waals surface area contributed by atoms with Crippen molar-refractivity contribution >= 4 is 17.3 Å². The molecule has 2 aromatic heterocycles. The molecule has 1 unspecified atom stereocenters. The monoisotopic (exact) mass is 367 g/mol. The molecule has 1 atom stereocenters. The quantitative estimate of drug-likeness (QED) is 0.497. The van der Waals surface area contributed by atoms with Crippen LogP contribution in [0, 0.1) is 0 Å². The number of aliphatic imine (C=N–C) groups is 1. The lowest BCUT2D eigenvalue weighted by molar-refractivity contribution is 0.707. The number of thiophene rings is 1. The van der Waals surface area contributed by atoms with Gasteiger partial charge in [-0.1, -0.05) is 25.1 Å². The average Bonchev–Trinajstić information content (AvgIpc) is 3.39. The van der Waals surface area contributed by atoms with Gasteiger partial charge < -0.3 is 10.6 Å². The fourth-order valence-corrected chi connectivity index (χ4v) is 3.49. The third kappa shape index (κ3) is 4.95. The first kappa shape index (κ1) is 18.2. The predicted octanol–water partition coefficient (Wildman–Crippen LogP) is 3.45. The highest BCUT2D eigenvalue weighted by Crippen LogP contribution is 2.19. The second-order valence-electron chi connectivity index (χ2n) is 6.16. The summed E-state index contributed by atoms with van der Waals surface area (Å²) < 4.78 is 1.86. The van der Waals surface area contributed by atoms with E-state index in [0.717, 1.165) is 31.2 Å². The summed E-state index contributed by atoms with van der Waals surface area (Å²) in [6.45, 7) is 3.94. The lowest BCUT2D eigenvalue weighted by Crippen LogP contribution is -2.39. The van der Waals surface area contributed by atoms with Gasteiger partial charge in [-0.15, -0.1) is 11.3 Å². The van der Waals surface area contributed by atoms with Crippen LogP contribution in [0.25, 0.3) is 5.69 Å². The molecule has 0 aliphatic carbocycles. The second kappa shape index (κ2) is 9.20. The minimum absolute atomic E-state index is 0.475. The van der Waals surface area contributed by atoms with E-state index in [1.807, 2.05) is 24.0 Å². The van der Waals surface area contributed by atoms with Crippen molar-refractivity contribution in [3.8, 4) is 5.69 Å². The Hall–Kier alpha value is -2.60. The molecule has 0 saturated carbocycles. The maximum atomic E-state index is 4.31. The summed E-state index contributed by atoms with van der Waals surface area (Å²) in [5, 5.41) is 13.2. The summed E-state index contributed by atoms with van der Waals surface area (Å²) in [6, 6.07) is 14.7. The molecule has 6 heteroatoms. The summed E-state index contributed by atoms with van der Waals surface area (Å²) >= 11 is 1.80. The van der Waals surface area contributed by atoms with Crippen LogP contribution in [0.15, 0.2) is 65.2 Å². The minimum Gasteiger partial charge on any atom is -0.356 e. The van der Waals surface area contributed by atoms with Crippen molar-refractivity contribution < 1.29 is 0 Å². The molecule has 26 heavy (non-hydrogen) atoms. The molecule has 0 aliphatic rings. The number of benzene rings is 1. The number of guanidine groups is 1. The van der Waals surface area contributed by atoms with Crippen LogP contribution in [0.3, 0.4) is 0 Å². The molecule has 136 valence electrons. The van der Waals surface area contributed by atoms with Gasteiger partial charge in [0.15, 0.2) is 5.96 Å². The van der Waals surface area contributed by atoms with Gasteiger partial charge in [-0.05, 0) is 41.6 Å². The smallest absolute Gasteiger partial charge is 0.191 e. The first-order valence-corrected chi connectivity index (χ1v) is 9.71. The zero-order valence-corrected chi connectivity index (χ0v) is 16.0. The molecule has 0 fully saturated rings. The zero-order chi connectivity index (χ0) is 18.2. The Labute approximate surface area is 158 Å². The molecule has 2 N–H and O–H groups in total. The Morgan fingerprint density at radius 3 is 2.69 bits per heavy atom. The van der Waals surface area contributed by atoms with Crippen molar-refractivity contribution in [2.24, 2.45) is 4.99 Å². The van der Waals surface area contributed by atoms with Crippen molar-refractivity contribution in [3.63, 3.8) is 0 Å². The normalized spacial score (nSPS) is 12.8. The summed E-state index contributed by atoms with van der Waals surface area (Å²) in [5.41, 5.74) is 2.36. The third-order valence-corrected chi connectivity index (χ3v) is 5.34. The topological polar surface area (TPSA) is 54.2 Å². The minimum atomic E-state index is 0.475. The van der Waals surface area contributed by atoms with Crippen molar-refractivity contribution in [2.75, 3.05) is 20.1 Å². The third-order valence-electron chi connectivity index (χ3n) is 4.24.